The Kier molecular flexibility index (Phi) is 9.98. The van der Waals surface area contributed by atoms with Gasteiger partial charge in [0.05, 0.1) is 40.3 Å². The number of hydrazone groups is 1. The molecule has 0 saturated carbocycles. The molecule has 1 heterocycles. The number of anilines is 1. The number of nitriles is 1. The molecule has 37 heavy (non-hydrogen) atoms. The smallest absolute Gasteiger partial charge is 0.203 e. The summed E-state index contributed by atoms with van der Waals surface area (Å²) in [6, 6.07) is 13.2. The Labute approximate surface area is 221 Å². The summed E-state index contributed by atoms with van der Waals surface area (Å²) in [5.74, 6) is 3.97. The number of methoxy groups -OCH3 is 4. The molecule has 0 unspecified atom stereocenters. The Hall–Kier alpha value is -3.97. The fraction of sp³-hybridized carbons (Fsp3) is 0.333. The van der Waals surface area contributed by atoms with Gasteiger partial charge in [-0.3, -0.25) is 5.43 Å². The van der Waals surface area contributed by atoms with Gasteiger partial charge in [-0.1, -0.05) is 25.6 Å². The third kappa shape index (κ3) is 7.05. The summed E-state index contributed by atoms with van der Waals surface area (Å²) in [4.78, 5) is 9.30. The lowest BCUT2D eigenvalue weighted by Gasteiger charge is -2.13. The number of thioether (sulfide) groups is 1. The second-order valence-corrected chi connectivity index (χ2v) is 9.34. The molecule has 0 radical (unpaired) electrons. The van der Waals surface area contributed by atoms with Crippen molar-refractivity contribution < 1.29 is 18.9 Å². The number of benzene rings is 2. The fourth-order valence-corrected chi connectivity index (χ4v) is 4.46. The number of aromatic nitrogens is 2. The molecule has 0 aliphatic heterocycles. The second-order valence-electron chi connectivity index (χ2n) is 8.28. The maximum atomic E-state index is 10.0. The molecule has 1 aromatic heterocycles. The van der Waals surface area contributed by atoms with Crippen LogP contribution >= 0.6 is 11.8 Å². The van der Waals surface area contributed by atoms with Crippen molar-refractivity contribution in [3.05, 3.63) is 47.5 Å². The summed E-state index contributed by atoms with van der Waals surface area (Å²) in [6.45, 7) is 4.35. The van der Waals surface area contributed by atoms with Gasteiger partial charge in [0.2, 0.25) is 5.75 Å². The van der Waals surface area contributed by atoms with E-state index in [-0.39, 0.29) is 0 Å². The van der Waals surface area contributed by atoms with Crippen molar-refractivity contribution in [3.8, 4) is 40.3 Å². The van der Waals surface area contributed by atoms with Crippen LogP contribution in [0.4, 0.5) is 5.82 Å². The highest BCUT2D eigenvalue weighted by Crippen LogP contribution is 2.38. The van der Waals surface area contributed by atoms with Gasteiger partial charge < -0.3 is 18.9 Å². The van der Waals surface area contributed by atoms with Crippen LogP contribution in [0.5, 0.6) is 23.0 Å². The Morgan fingerprint density at radius 2 is 1.68 bits per heavy atom. The van der Waals surface area contributed by atoms with Gasteiger partial charge in [0.1, 0.15) is 17.4 Å². The Balaban J connectivity index is 1.98. The van der Waals surface area contributed by atoms with Crippen molar-refractivity contribution in [1.82, 2.24) is 9.97 Å². The Morgan fingerprint density at radius 3 is 2.22 bits per heavy atom. The topological polar surface area (TPSA) is 111 Å². The molecule has 0 fully saturated rings. The van der Waals surface area contributed by atoms with E-state index in [2.05, 4.69) is 35.4 Å². The molecule has 1 N–H and O–H groups in total. The van der Waals surface area contributed by atoms with E-state index in [1.54, 1.807) is 58.5 Å². The quantitative estimate of drug-likeness (QED) is 0.140. The largest absolute Gasteiger partial charge is 0.497 e. The predicted octanol–water partition coefficient (Wildman–Crippen LogP) is 5.63. The predicted molar refractivity (Wildman–Crippen MR) is 146 cm³/mol. The molecular weight excluding hydrogens is 490 g/mol. The summed E-state index contributed by atoms with van der Waals surface area (Å²) < 4.78 is 21.5. The average molecular weight is 522 g/mol. The van der Waals surface area contributed by atoms with Crippen LogP contribution in [0, 0.1) is 17.2 Å². The number of rotatable bonds is 12. The van der Waals surface area contributed by atoms with Gasteiger partial charge in [0, 0.05) is 16.9 Å². The first kappa shape index (κ1) is 27.6. The minimum absolute atomic E-state index is 0.292. The minimum Gasteiger partial charge on any atom is -0.497 e. The highest BCUT2D eigenvalue weighted by atomic mass is 32.2. The standard InChI is InChI=1S/C27H31N5O4S/c1-17(2)11-12-37-27-30-24(19-7-9-20(33-3)10-8-19)21(15-28)26(31-27)32-29-16-18-13-22(34-4)25(36-6)23(14-18)35-5/h7-10,13-14,16-17H,11-12H2,1-6H3,(H,30,31,32)/b29-16-. The molecule has 0 spiro atoms. The summed E-state index contributed by atoms with van der Waals surface area (Å²) in [7, 11) is 6.26. The first-order valence-electron chi connectivity index (χ1n) is 11.6. The molecule has 0 atom stereocenters. The summed E-state index contributed by atoms with van der Waals surface area (Å²) in [5.41, 5.74) is 5.24. The molecule has 194 valence electrons. The zero-order chi connectivity index (χ0) is 26.8. The van der Waals surface area contributed by atoms with Crippen molar-refractivity contribution in [1.29, 1.82) is 5.26 Å². The minimum atomic E-state index is 0.292. The van der Waals surface area contributed by atoms with Crippen LogP contribution in [0.25, 0.3) is 11.3 Å². The molecule has 0 bridgehead atoms. The highest BCUT2D eigenvalue weighted by molar-refractivity contribution is 7.99. The van der Waals surface area contributed by atoms with Crippen molar-refractivity contribution >= 4 is 23.8 Å². The maximum Gasteiger partial charge on any atom is 0.203 e. The van der Waals surface area contributed by atoms with Gasteiger partial charge in [-0.05, 0) is 48.7 Å². The van der Waals surface area contributed by atoms with Crippen LogP contribution in [0.1, 0.15) is 31.4 Å². The highest BCUT2D eigenvalue weighted by Gasteiger charge is 2.17. The van der Waals surface area contributed by atoms with E-state index in [4.69, 9.17) is 23.9 Å². The van der Waals surface area contributed by atoms with E-state index in [9.17, 15) is 5.26 Å². The number of hydrogen-bond donors (Lipinski definition) is 1. The van der Waals surface area contributed by atoms with Gasteiger partial charge in [-0.25, -0.2) is 9.97 Å². The van der Waals surface area contributed by atoms with Crippen LogP contribution in [0.2, 0.25) is 0 Å². The van der Waals surface area contributed by atoms with Crippen LogP contribution in [-0.2, 0) is 0 Å². The Morgan fingerprint density at radius 1 is 1.00 bits per heavy atom. The van der Waals surface area contributed by atoms with E-state index in [1.165, 1.54) is 0 Å². The summed E-state index contributed by atoms with van der Waals surface area (Å²) >= 11 is 1.55. The zero-order valence-electron chi connectivity index (χ0n) is 21.9. The maximum absolute atomic E-state index is 10.0. The van der Waals surface area contributed by atoms with E-state index in [1.807, 2.05) is 24.3 Å². The number of ether oxygens (including phenoxy) is 4. The zero-order valence-corrected chi connectivity index (χ0v) is 22.7. The molecule has 0 amide bonds. The summed E-state index contributed by atoms with van der Waals surface area (Å²) in [5, 5.41) is 14.9. The average Bonchev–Trinajstić information content (AvgIpc) is 2.92. The van der Waals surface area contributed by atoms with E-state index in [0.29, 0.717) is 51.0 Å². The fourth-order valence-electron chi connectivity index (χ4n) is 3.38. The van der Waals surface area contributed by atoms with Crippen molar-refractivity contribution in [2.75, 3.05) is 39.6 Å². The second kappa shape index (κ2) is 13.4. The van der Waals surface area contributed by atoms with Gasteiger partial charge in [-0.15, -0.1) is 0 Å². The van der Waals surface area contributed by atoms with Crippen LogP contribution in [0.15, 0.2) is 46.7 Å². The van der Waals surface area contributed by atoms with Crippen molar-refractivity contribution in [3.63, 3.8) is 0 Å². The van der Waals surface area contributed by atoms with Crippen molar-refractivity contribution in [2.24, 2.45) is 11.0 Å². The number of nitrogens with zero attached hydrogens (tertiary/aromatic N) is 4. The molecular formula is C27H31N5O4S. The first-order chi connectivity index (χ1) is 17.9. The third-order valence-electron chi connectivity index (χ3n) is 5.36. The first-order valence-corrected chi connectivity index (χ1v) is 12.6. The van der Waals surface area contributed by atoms with E-state index in [0.717, 1.165) is 23.5 Å². The van der Waals surface area contributed by atoms with Crippen LogP contribution < -0.4 is 24.4 Å². The number of nitrogens with one attached hydrogen (secondary N) is 1. The molecule has 0 saturated heterocycles. The van der Waals surface area contributed by atoms with Gasteiger partial charge in [0.25, 0.3) is 0 Å². The van der Waals surface area contributed by atoms with Crippen LogP contribution in [0.3, 0.4) is 0 Å². The molecule has 3 rings (SSSR count). The molecule has 10 heteroatoms. The molecule has 2 aromatic carbocycles. The normalized spacial score (nSPS) is 10.9. The van der Waals surface area contributed by atoms with E-state index >= 15 is 0 Å². The van der Waals surface area contributed by atoms with Crippen LogP contribution in [-0.4, -0.2) is 50.4 Å². The SMILES string of the molecule is COc1ccc(-c2nc(SCCC(C)C)nc(N/N=C\c3cc(OC)c(OC)c(OC)c3)c2C#N)cc1. The lowest BCUT2D eigenvalue weighted by molar-refractivity contribution is 0.324. The third-order valence-corrected chi connectivity index (χ3v) is 6.24. The Bertz CT molecular complexity index is 1250. The van der Waals surface area contributed by atoms with Gasteiger partial charge in [0.15, 0.2) is 22.5 Å². The molecule has 0 aliphatic carbocycles. The monoisotopic (exact) mass is 521 g/mol. The lowest BCUT2D eigenvalue weighted by Crippen LogP contribution is -2.04. The molecule has 0 aliphatic rings. The van der Waals surface area contributed by atoms with E-state index < -0.39 is 0 Å². The van der Waals surface area contributed by atoms with Crippen molar-refractivity contribution in [2.45, 2.75) is 25.4 Å². The lowest BCUT2D eigenvalue weighted by atomic mass is 10.1. The molecule has 9 nitrogen and oxygen atoms in total. The molecule has 3 aromatic rings. The van der Waals surface area contributed by atoms with Gasteiger partial charge in [-0.2, -0.15) is 10.4 Å². The van der Waals surface area contributed by atoms with Gasteiger partial charge >= 0.3 is 0 Å². The summed E-state index contributed by atoms with van der Waals surface area (Å²) in [6.07, 6.45) is 2.61. The number of hydrogen-bond acceptors (Lipinski definition) is 10.